The molecule has 6 nitrogen and oxygen atoms in total. The summed E-state index contributed by atoms with van der Waals surface area (Å²) >= 11 is 0. The number of para-hydroxylation sites is 1. The van der Waals surface area contributed by atoms with Crippen LogP contribution in [0, 0.1) is 0 Å². The average Bonchev–Trinajstić information content (AvgIpc) is 3.33. The van der Waals surface area contributed by atoms with Gasteiger partial charge in [-0.2, -0.15) is 5.10 Å². The van der Waals surface area contributed by atoms with Crippen molar-refractivity contribution < 1.29 is 9.59 Å². The molecule has 3 aromatic rings. The number of amides is 2. The van der Waals surface area contributed by atoms with Gasteiger partial charge in [0.25, 0.3) is 5.91 Å². The lowest BCUT2D eigenvalue weighted by Gasteiger charge is -2.15. The second-order valence-corrected chi connectivity index (χ2v) is 7.69. The van der Waals surface area contributed by atoms with E-state index < -0.39 is 0 Å². The molecule has 1 fully saturated rings. The number of rotatable bonds is 4. The molecule has 0 bridgehead atoms. The summed E-state index contributed by atoms with van der Waals surface area (Å²) in [6, 6.07) is 17.4. The van der Waals surface area contributed by atoms with Crippen molar-refractivity contribution in [2.45, 2.75) is 32.1 Å². The first kappa shape index (κ1) is 17.7. The minimum Gasteiger partial charge on any atom is -0.321 e. The fourth-order valence-electron chi connectivity index (χ4n) is 3.91. The first-order valence-electron chi connectivity index (χ1n) is 9.98. The molecule has 2 heterocycles. The number of carbonyl (C=O) groups is 2. The Morgan fingerprint density at radius 1 is 1.07 bits per heavy atom. The third-order valence-electron chi connectivity index (χ3n) is 5.57. The summed E-state index contributed by atoms with van der Waals surface area (Å²) in [5, 5.41) is 7.72. The quantitative estimate of drug-likeness (QED) is 0.739. The van der Waals surface area contributed by atoms with E-state index in [-0.39, 0.29) is 11.8 Å². The third kappa shape index (κ3) is 3.31. The van der Waals surface area contributed by atoms with E-state index in [1.165, 1.54) is 0 Å². The summed E-state index contributed by atoms with van der Waals surface area (Å²) in [4.78, 5) is 26.6. The molecule has 6 heteroatoms. The molecule has 1 aliphatic heterocycles. The molecule has 5 rings (SSSR count). The molecule has 2 amide bonds. The molecular formula is C23H22N4O2. The van der Waals surface area contributed by atoms with Crippen LogP contribution in [0.3, 0.4) is 0 Å². The lowest BCUT2D eigenvalue weighted by Crippen LogP contribution is -2.25. The van der Waals surface area contributed by atoms with Gasteiger partial charge in [0.15, 0.2) is 0 Å². The van der Waals surface area contributed by atoms with E-state index in [2.05, 4.69) is 5.32 Å². The van der Waals surface area contributed by atoms with Crippen molar-refractivity contribution in [1.29, 1.82) is 0 Å². The molecular weight excluding hydrogens is 364 g/mol. The summed E-state index contributed by atoms with van der Waals surface area (Å²) in [6.07, 6.45) is 3.06. The number of benzene rings is 2. The lowest BCUT2D eigenvalue weighted by atomic mass is 10.1. The third-order valence-corrected chi connectivity index (χ3v) is 5.57. The van der Waals surface area contributed by atoms with Crippen LogP contribution in [0.4, 0.5) is 11.4 Å². The number of carbonyl (C=O) groups excluding carboxylic acids is 2. The summed E-state index contributed by atoms with van der Waals surface area (Å²) in [5.41, 5.74) is 5.12. The predicted octanol–water partition coefficient (Wildman–Crippen LogP) is 3.91. The van der Waals surface area contributed by atoms with Crippen molar-refractivity contribution in [3.8, 4) is 5.69 Å². The molecule has 0 spiro atoms. The molecule has 0 unspecified atom stereocenters. The van der Waals surface area contributed by atoms with Crippen LogP contribution in [0.5, 0.6) is 0 Å². The number of aromatic nitrogens is 2. The Morgan fingerprint density at radius 3 is 2.59 bits per heavy atom. The van der Waals surface area contributed by atoms with Crippen LogP contribution in [0.1, 0.15) is 47.4 Å². The van der Waals surface area contributed by atoms with Crippen LogP contribution in [0.15, 0.2) is 54.6 Å². The number of nitrogens with zero attached hydrogens (tertiary/aromatic N) is 3. The lowest BCUT2D eigenvalue weighted by molar-refractivity contribution is -0.116. The van der Waals surface area contributed by atoms with Crippen LogP contribution >= 0.6 is 0 Å². The van der Waals surface area contributed by atoms with Gasteiger partial charge in [-0.1, -0.05) is 18.2 Å². The highest BCUT2D eigenvalue weighted by atomic mass is 16.2. The maximum absolute atomic E-state index is 13.1. The van der Waals surface area contributed by atoms with E-state index in [1.807, 2.05) is 54.6 Å². The topological polar surface area (TPSA) is 67.2 Å². The molecule has 29 heavy (non-hydrogen) atoms. The van der Waals surface area contributed by atoms with Gasteiger partial charge in [-0.3, -0.25) is 9.59 Å². The molecule has 0 saturated heterocycles. The predicted molar refractivity (Wildman–Crippen MR) is 112 cm³/mol. The van der Waals surface area contributed by atoms with E-state index in [0.29, 0.717) is 18.2 Å². The van der Waals surface area contributed by atoms with E-state index in [1.54, 1.807) is 16.5 Å². The van der Waals surface area contributed by atoms with Gasteiger partial charge in [-0.15, -0.1) is 0 Å². The molecule has 1 N–H and O–H groups in total. The van der Waals surface area contributed by atoms with Crippen LogP contribution in [-0.4, -0.2) is 28.1 Å². The Bertz CT molecular complexity index is 1100. The second-order valence-electron chi connectivity index (χ2n) is 7.69. The Balaban J connectivity index is 1.44. The van der Waals surface area contributed by atoms with Crippen molar-refractivity contribution in [1.82, 2.24) is 9.78 Å². The highest BCUT2D eigenvalue weighted by molar-refractivity contribution is 6.04. The summed E-state index contributed by atoms with van der Waals surface area (Å²) in [7, 11) is 0. The second kappa shape index (κ2) is 6.88. The van der Waals surface area contributed by atoms with Crippen LogP contribution < -0.4 is 10.2 Å². The minimum absolute atomic E-state index is 0.0416. The number of nitrogens with one attached hydrogen (secondary N) is 1. The van der Waals surface area contributed by atoms with Gasteiger partial charge in [0, 0.05) is 30.8 Å². The number of hydrogen-bond acceptors (Lipinski definition) is 3. The van der Waals surface area contributed by atoms with Gasteiger partial charge in [0.2, 0.25) is 5.91 Å². The van der Waals surface area contributed by atoms with Gasteiger partial charge in [0.1, 0.15) is 5.69 Å². The molecule has 1 saturated carbocycles. The standard InChI is InChI=1S/C23H22N4O2/c1-15(28)26-12-11-17-13-18(9-10-21(17)26)24-23(29)22-14-20(16-7-8-16)25-27(22)19-5-3-2-4-6-19/h2-6,9-10,13-14,16H,7-8,11-12H2,1H3,(H,24,29). The van der Waals surface area contributed by atoms with Crippen molar-refractivity contribution >= 4 is 23.2 Å². The van der Waals surface area contributed by atoms with Gasteiger partial charge in [-0.25, -0.2) is 4.68 Å². The van der Waals surface area contributed by atoms with Crippen LogP contribution in [0.25, 0.3) is 5.69 Å². The normalized spacial score (nSPS) is 15.3. The van der Waals surface area contributed by atoms with Crippen LogP contribution in [-0.2, 0) is 11.2 Å². The van der Waals surface area contributed by atoms with Crippen molar-refractivity contribution in [3.63, 3.8) is 0 Å². The van der Waals surface area contributed by atoms with Gasteiger partial charge in [-0.05, 0) is 61.2 Å². The monoisotopic (exact) mass is 386 g/mol. The first-order chi connectivity index (χ1) is 14.1. The highest BCUT2D eigenvalue weighted by Crippen LogP contribution is 2.40. The highest BCUT2D eigenvalue weighted by Gasteiger charge is 2.29. The summed E-state index contributed by atoms with van der Waals surface area (Å²) in [6.45, 7) is 2.26. The van der Waals surface area contributed by atoms with Gasteiger partial charge in [0.05, 0.1) is 11.4 Å². The van der Waals surface area contributed by atoms with Crippen molar-refractivity contribution in [3.05, 3.63) is 71.5 Å². The smallest absolute Gasteiger partial charge is 0.274 e. The zero-order valence-electron chi connectivity index (χ0n) is 16.3. The SMILES string of the molecule is CC(=O)N1CCc2cc(NC(=O)c3cc(C4CC4)nn3-c3ccccc3)ccc21. The molecule has 0 radical (unpaired) electrons. The molecule has 2 aromatic carbocycles. The average molecular weight is 386 g/mol. The number of anilines is 2. The number of fused-ring (bicyclic) bond motifs is 1. The molecule has 2 aliphatic rings. The molecule has 0 atom stereocenters. The Labute approximate surface area is 169 Å². The molecule has 146 valence electrons. The summed E-state index contributed by atoms with van der Waals surface area (Å²) < 4.78 is 1.73. The largest absolute Gasteiger partial charge is 0.321 e. The Hall–Kier alpha value is -3.41. The van der Waals surface area contributed by atoms with E-state index in [4.69, 9.17) is 5.10 Å². The fraction of sp³-hybridized carbons (Fsp3) is 0.261. The summed E-state index contributed by atoms with van der Waals surface area (Å²) in [5.74, 6) is 0.318. The number of hydrogen-bond donors (Lipinski definition) is 1. The first-order valence-corrected chi connectivity index (χ1v) is 9.98. The van der Waals surface area contributed by atoms with Crippen LogP contribution in [0.2, 0.25) is 0 Å². The van der Waals surface area contributed by atoms with E-state index in [9.17, 15) is 9.59 Å². The molecule has 1 aliphatic carbocycles. The van der Waals surface area contributed by atoms with E-state index >= 15 is 0 Å². The minimum atomic E-state index is -0.186. The van der Waals surface area contributed by atoms with E-state index in [0.717, 1.165) is 47.6 Å². The zero-order chi connectivity index (χ0) is 20.0. The van der Waals surface area contributed by atoms with Gasteiger partial charge >= 0.3 is 0 Å². The molecule has 1 aromatic heterocycles. The Kier molecular flexibility index (Phi) is 4.19. The fourth-order valence-corrected chi connectivity index (χ4v) is 3.91. The Morgan fingerprint density at radius 2 is 1.86 bits per heavy atom. The maximum atomic E-state index is 13.1. The van der Waals surface area contributed by atoms with Crippen molar-refractivity contribution in [2.24, 2.45) is 0 Å². The maximum Gasteiger partial charge on any atom is 0.274 e. The van der Waals surface area contributed by atoms with Crippen molar-refractivity contribution in [2.75, 3.05) is 16.8 Å². The zero-order valence-corrected chi connectivity index (χ0v) is 16.3. The van der Waals surface area contributed by atoms with Gasteiger partial charge < -0.3 is 10.2 Å².